The lowest BCUT2D eigenvalue weighted by Crippen LogP contribution is -2.60. The molecule has 0 heterocycles. The molecule has 4 aliphatic rings. The van der Waals surface area contributed by atoms with Crippen molar-refractivity contribution in [3.05, 3.63) is 11.6 Å². The van der Waals surface area contributed by atoms with Crippen LogP contribution < -0.4 is 0 Å². The van der Waals surface area contributed by atoms with Gasteiger partial charge >= 0.3 is 0 Å². The predicted octanol–water partition coefficient (Wildman–Crippen LogP) is 6.17. The summed E-state index contributed by atoms with van der Waals surface area (Å²) in [6.07, 6.45) is 10.2. The summed E-state index contributed by atoms with van der Waals surface area (Å²) >= 11 is 0. The van der Waals surface area contributed by atoms with E-state index in [0.717, 1.165) is 42.1 Å². The number of carbonyl (C=O) groups is 1. The van der Waals surface area contributed by atoms with Gasteiger partial charge in [0.05, 0.1) is 6.10 Å². The molecule has 32 heavy (non-hydrogen) atoms. The van der Waals surface area contributed by atoms with Gasteiger partial charge in [-0.25, -0.2) is 0 Å². The summed E-state index contributed by atoms with van der Waals surface area (Å²) in [5.41, 5.74) is 0.963. The van der Waals surface area contributed by atoms with E-state index < -0.39 is 12.2 Å². The van der Waals surface area contributed by atoms with Gasteiger partial charge in [-0.3, -0.25) is 4.79 Å². The van der Waals surface area contributed by atoms with Crippen LogP contribution in [0.2, 0.25) is 0 Å². The standard InChI is InChI=1S/C29H48O3/c1-7-19(17(2)3)9-8-18(4)21-10-11-22-25-23(13-15-28(21,22)5)29(6)14-12-20(30)16-24(29)26(31)27(25)32/h16-19,21-23,25-27,31-32H,7-15H2,1-6H3/t18-,19?,21-,22+,23+,25+,26-,27+,28-,29-/m1/s1. The van der Waals surface area contributed by atoms with E-state index in [4.69, 9.17) is 0 Å². The number of ketones is 1. The zero-order valence-corrected chi connectivity index (χ0v) is 21.4. The fourth-order valence-corrected chi connectivity index (χ4v) is 9.23. The predicted molar refractivity (Wildman–Crippen MR) is 130 cm³/mol. The molecule has 0 aromatic heterocycles. The molecule has 3 saturated carbocycles. The number of fused-ring (bicyclic) bond motifs is 5. The fourth-order valence-electron chi connectivity index (χ4n) is 9.23. The summed E-state index contributed by atoms with van der Waals surface area (Å²) in [5.74, 6) is 4.18. The van der Waals surface area contributed by atoms with Gasteiger partial charge in [0, 0.05) is 6.42 Å². The second-order valence-electron chi connectivity index (χ2n) is 12.9. The maximum absolute atomic E-state index is 12.1. The van der Waals surface area contributed by atoms with Crippen molar-refractivity contribution < 1.29 is 15.0 Å². The van der Waals surface area contributed by atoms with Gasteiger partial charge in [-0.1, -0.05) is 54.4 Å². The summed E-state index contributed by atoms with van der Waals surface area (Å²) < 4.78 is 0. The van der Waals surface area contributed by atoms with Crippen molar-refractivity contribution in [3.8, 4) is 0 Å². The maximum Gasteiger partial charge on any atom is 0.155 e. The van der Waals surface area contributed by atoms with E-state index in [1.807, 2.05) is 0 Å². The Morgan fingerprint density at radius 1 is 1.03 bits per heavy atom. The van der Waals surface area contributed by atoms with Gasteiger partial charge in [-0.2, -0.15) is 0 Å². The summed E-state index contributed by atoms with van der Waals surface area (Å²) in [6, 6.07) is 0. The van der Waals surface area contributed by atoms with E-state index in [-0.39, 0.29) is 22.5 Å². The number of aliphatic hydroxyl groups is 2. The van der Waals surface area contributed by atoms with Crippen LogP contribution in [0.1, 0.15) is 99.3 Å². The Morgan fingerprint density at radius 3 is 2.41 bits per heavy atom. The highest BCUT2D eigenvalue weighted by molar-refractivity contribution is 5.92. The molecule has 3 heteroatoms. The molecule has 3 fully saturated rings. The smallest absolute Gasteiger partial charge is 0.155 e. The van der Waals surface area contributed by atoms with Gasteiger partial charge in [-0.15, -0.1) is 0 Å². The van der Waals surface area contributed by atoms with Crippen molar-refractivity contribution >= 4 is 5.78 Å². The Labute approximate surface area is 196 Å². The zero-order valence-electron chi connectivity index (χ0n) is 21.4. The van der Waals surface area contributed by atoms with E-state index in [1.165, 1.54) is 38.5 Å². The lowest BCUT2D eigenvalue weighted by molar-refractivity contribution is -0.152. The van der Waals surface area contributed by atoms with E-state index in [9.17, 15) is 15.0 Å². The molecule has 10 atom stereocenters. The van der Waals surface area contributed by atoms with Crippen LogP contribution in [0.3, 0.4) is 0 Å². The van der Waals surface area contributed by atoms with Gasteiger partial charge < -0.3 is 10.2 Å². The Balaban J connectivity index is 1.55. The zero-order chi connectivity index (χ0) is 23.4. The van der Waals surface area contributed by atoms with Crippen LogP contribution in [0.4, 0.5) is 0 Å². The molecule has 4 rings (SSSR count). The lowest BCUT2D eigenvalue weighted by atomic mass is 9.45. The second-order valence-corrected chi connectivity index (χ2v) is 12.9. The highest BCUT2D eigenvalue weighted by Crippen LogP contribution is 2.67. The first kappa shape index (κ1) is 24.5. The molecule has 0 aromatic carbocycles. The Bertz CT molecular complexity index is 741. The van der Waals surface area contributed by atoms with Crippen molar-refractivity contribution in [2.75, 3.05) is 0 Å². The summed E-state index contributed by atoms with van der Waals surface area (Å²) in [5, 5.41) is 22.5. The Kier molecular flexibility index (Phi) is 6.75. The Morgan fingerprint density at radius 2 is 1.75 bits per heavy atom. The van der Waals surface area contributed by atoms with Gasteiger partial charge in [0.15, 0.2) is 5.78 Å². The first-order valence-corrected chi connectivity index (χ1v) is 13.7. The minimum Gasteiger partial charge on any atom is -0.390 e. The molecule has 0 aromatic rings. The van der Waals surface area contributed by atoms with Gasteiger partial charge in [-0.05, 0) is 102 Å². The molecule has 182 valence electrons. The molecule has 4 aliphatic carbocycles. The van der Waals surface area contributed by atoms with E-state index in [0.29, 0.717) is 18.3 Å². The maximum atomic E-state index is 12.1. The molecule has 2 N–H and O–H groups in total. The highest BCUT2D eigenvalue weighted by Gasteiger charge is 2.63. The average molecular weight is 445 g/mol. The first-order valence-electron chi connectivity index (χ1n) is 13.7. The van der Waals surface area contributed by atoms with Crippen LogP contribution in [-0.2, 0) is 4.79 Å². The molecule has 0 aliphatic heterocycles. The average Bonchev–Trinajstić information content (AvgIpc) is 3.10. The number of rotatable bonds is 6. The summed E-state index contributed by atoms with van der Waals surface area (Å²) in [7, 11) is 0. The van der Waals surface area contributed by atoms with Crippen LogP contribution in [0.5, 0.6) is 0 Å². The first-order chi connectivity index (χ1) is 15.0. The van der Waals surface area contributed by atoms with Crippen LogP contribution in [-0.4, -0.2) is 28.2 Å². The van der Waals surface area contributed by atoms with Gasteiger partial charge in [0.1, 0.15) is 6.10 Å². The van der Waals surface area contributed by atoms with Crippen LogP contribution in [0.15, 0.2) is 11.6 Å². The minimum absolute atomic E-state index is 0.115. The third-order valence-electron chi connectivity index (χ3n) is 11.3. The second kappa shape index (κ2) is 8.84. The normalized spacial score (nSPS) is 45.7. The summed E-state index contributed by atoms with van der Waals surface area (Å²) in [4.78, 5) is 12.1. The molecule has 1 unspecified atom stereocenters. The van der Waals surface area contributed by atoms with Crippen LogP contribution in [0.25, 0.3) is 0 Å². The quantitative estimate of drug-likeness (QED) is 0.515. The monoisotopic (exact) mass is 444 g/mol. The molecule has 0 amide bonds. The van der Waals surface area contributed by atoms with Crippen molar-refractivity contribution in [1.29, 1.82) is 0 Å². The molecule has 3 nitrogen and oxygen atoms in total. The molecular formula is C29H48O3. The van der Waals surface area contributed by atoms with Crippen molar-refractivity contribution in [1.82, 2.24) is 0 Å². The largest absolute Gasteiger partial charge is 0.390 e. The van der Waals surface area contributed by atoms with Crippen LogP contribution >= 0.6 is 0 Å². The lowest BCUT2D eigenvalue weighted by Gasteiger charge is -2.61. The van der Waals surface area contributed by atoms with E-state index in [2.05, 4.69) is 41.5 Å². The van der Waals surface area contributed by atoms with E-state index >= 15 is 0 Å². The molecule has 0 radical (unpaired) electrons. The number of carbonyl (C=O) groups excluding carboxylic acids is 1. The molecular weight excluding hydrogens is 396 g/mol. The third kappa shape index (κ3) is 3.74. The summed E-state index contributed by atoms with van der Waals surface area (Å²) in [6.45, 7) is 14.3. The highest BCUT2D eigenvalue weighted by atomic mass is 16.3. The third-order valence-corrected chi connectivity index (χ3v) is 11.3. The Hall–Kier alpha value is -0.670. The van der Waals surface area contributed by atoms with Gasteiger partial charge in [0.25, 0.3) is 0 Å². The fraction of sp³-hybridized carbons (Fsp3) is 0.897. The number of aliphatic hydroxyl groups excluding tert-OH is 2. The van der Waals surface area contributed by atoms with E-state index in [1.54, 1.807) is 6.08 Å². The number of hydrogen-bond donors (Lipinski definition) is 2. The number of hydrogen-bond acceptors (Lipinski definition) is 3. The molecule has 0 bridgehead atoms. The van der Waals surface area contributed by atoms with Crippen molar-refractivity contribution in [3.63, 3.8) is 0 Å². The van der Waals surface area contributed by atoms with Gasteiger partial charge in [0.2, 0.25) is 0 Å². The minimum atomic E-state index is -0.874. The molecule has 0 saturated heterocycles. The van der Waals surface area contributed by atoms with Crippen molar-refractivity contribution in [2.24, 2.45) is 52.3 Å². The van der Waals surface area contributed by atoms with Crippen LogP contribution in [0, 0.1) is 52.3 Å². The topological polar surface area (TPSA) is 57.5 Å². The SMILES string of the molecule is CCC(CC[C@@H](C)[C@H]1CC[C@H]2[C@@H]3[C@H](O)[C@H](O)C4=CC(=O)CC[C@]4(C)[C@H]3CC[C@]12C)C(C)C. The van der Waals surface area contributed by atoms with Crippen molar-refractivity contribution in [2.45, 2.75) is 112 Å². The molecule has 0 spiro atoms.